The number of phenolic OH excluding ortho intramolecular Hbond substituents is 1. The van der Waals surface area contributed by atoms with Gasteiger partial charge in [0, 0.05) is 4.90 Å². The van der Waals surface area contributed by atoms with Gasteiger partial charge in [-0.3, -0.25) is 0 Å². The maximum atomic E-state index is 9.26. The van der Waals surface area contributed by atoms with Crippen molar-refractivity contribution in [2.24, 2.45) is 0 Å². The smallest absolute Gasteiger partial charge is 0.116 e. The molecule has 0 aromatic heterocycles. The molecule has 2 aromatic carbocycles. The zero-order chi connectivity index (χ0) is 10.7. The Morgan fingerprint density at radius 2 is 1.73 bits per heavy atom. The Morgan fingerprint density at radius 3 is 2.53 bits per heavy atom. The first-order valence-electron chi connectivity index (χ1n) is 4.17. The van der Waals surface area contributed by atoms with Crippen LogP contribution in [0.2, 0.25) is 0 Å². The fourth-order valence-corrected chi connectivity index (χ4v) is 1.73. The van der Waals surface area contributed by atoms with E-state index in [9.17, 15) is 5.11 Å². The van der Waals surface area contributed by atoms with E-state index in [0.29, 0.717) is 0 Å². The zero-order valence-electron chi connectivity index (χ0n) is 7.58. The molecule has 0 aliphatic carbocycles. The molecule has 0 aliphatic heterocycles. The van der Waals surface area contributed by atoms with Gasteiger partial charge in [-0.25, -0.2) is 5.26 Å². The van der Waals surface area contributed by atoms with E-state index in [-0.39, 0.29) is 5.75 Å². The molecule has 0 spiro atoms. The summed E-state index contributed by atoms with van der Waals surface area (Å²) in [7, 11) is 0. The standard InChI is InChI=1S/C10H8O4S/c11-9-3-1-8-6-10(15-14-13-12)4-2-7(8)5-9/h1-6,11-12H. The lowest BCUT2D eigenvalue weighted by Gasteiger charge is -2.01. The Kier molecular flexibility index (Phi) is 3.08. The summed E-state index contributed by atoms with van der Waals surface area (Å²) in [6.45, 7) is 0. The molecule has 78 valence electrons. The molecule has 0 fully saturated rings. The molecule has 2 N–H and O–H groups in total. The largest absolute Gasteiger partial charge is 0.508 e. The molecule has 0 bridgehead atoms. The summed E-state index contributed by atoms with van der Waals surface area (Å²) in [5.74, 6) is 0.234. The van der Waals surface area contributed by atoms with Crippen molar-refractivity contribution in [3.8, 4) is 5.75 Å². The van der Waals surface area contributed by atoms with Crippen molar-refractivity contribution in [1.82, 2.24) is 0 Å². The maximum absolute atomic E-state index is 9.26. The van der Waals surface area contributed by atoms with Crippen molar-refractivity contribution >= 4 is 22.8 Å². The molecule has 0 atom stereocenters. The number of rotatable bonds is 3. The fourth-order valence-electron chi connectivity index (χ4n) is 1.32. The van der Waals surface area contributed by atoms with Crippen LogP contribution in [0, 0.1) is 0 Å². The highest BCUT2D eigenvalue weighted by molar-refractivity contribution is 7.94. The summed E-state index contributed by atoms with van der Waals surface area (Å²) in [6, 6.07) is 10.6. The quantitative estimate of drug-likeness (QED) is 0.477. The molecular weight excluding hydrogens is 216 g/mol. The molecule has 15 heavy (non-hydrogen) atoms. The average Bonchev–Trinajstić information content (AvgIpc) is 2.26. The van der Waals surface area contributed by atoms with Gasteiger partial charge in [-0.05, 0) is 35.0 Å². The molecule has 0 radical (unpaired) electrons. The molecule has 2 aromatic rings. The monoisotopic (exact) mass is 224 g/mol. The highest BCUT2D eigenvalue weighted by atomic mass is 32.2. The van der Waals surface area contributed by atoms with Crippen LogP contribution in [-0.2, 0) is 9.37 Å². The van der Waals surface area contributed by atoms with Crippen molar-refractivity contribution in [3.63, 3.8) is 0 Å². The number of aromatic hydroxyl groups is 1. The van der Waals surface area contributed by atoms with Gasteiger partial charge in [-0.15, -0.1) is 4.33 Å². The van der Waals surface area contributed by atoms with Crippen LogP contribution in [0.25, 0.3) is 10.8 Å². The average molecular weight is 224 g/mol. The normalized spacial score (nSPS) is 10.7. The van der Waals surface area contributed by atoms with Crippen LogP contribution in [0.1, 0.15) is 0 Å². The Hall–Kier alpha value is -1.27. The molecule has 4 nitrogen and oxygen atoms in total. The molecule has 2 rings (SSSR count). The first-order valence-corrected chi connectivity index (χ1v) is 4.91. The lowest BCUT2D eigenvalue weighted by atomic mass is 10.1. The predicted octanol–water partition coefficient (Wildman–Crippen LogP) is 2.97. The van der Waals surface area contributed by atoms with Crippen molar-refractivity contribution in [2.45, 2.75) is 4.90 Å². The van der Waals surface area contributed by atoms with Gasteiger partial charge in [-0.2, -0.15) is 0 Å². The van der Waals surface area contributed by atoms with Crippen LogP contribution in [0.3, 0.4) is 0 Å². The SMILES string of the molecule is OOOSc1ccc2cc(O)ccc2c1. The van der Waals surface area contributed by atoms with E-state index in [1.54, 1.807) is 24.3 Å². The first-order chi connectivity index (χ1) is 7.29. The maximum Gasteiger partial charge on any atom is 0.116 e. The van der Waals surface area contributed by atoms with E-state index in [1.165, 1.54) is 0 Å². The summed E-state index contributed by atoms with van der Waals surface area (Å²) < 4.78 is 4.32. The summed E-state index contributed by atoms with van der Waals surface area (Å²) in [5.41, 5.74) is 0. The number of hydrogen-bond acceptors (Lipinski definition) is 5. The third kappa shape index (κ3) is 2.40. The van der Waals surface area contributed by atoms with E-state index in [1.807, 2.05) is 12.1 Å². The predicted molar refractivity (Wildman–Crippen MR) is 56.3 cm³/mol. The Bertz CT molecular complexity index is 472. The summed E-state index contributed by atoms with van der Waals surface area (Å²) in [6.07, 6.45) is 0. The molecule has 5 heteroatoms. The van der Waals surface area contributed by atoms with Gasteiger partial charge in [0.2, 0.25) is 0 Å². The highest BCUT2D eigenvalue weighted by Gasteiger charge is 1.99. The van der Waals surface area contributed by atoms with Crippen LogP contribution >= 0.6 is 12.0 Å². The van der Waals surface area contributed by atoms with E-state index >= 15 is 0 Å². The molecule has 0 amide bonds. The molecule has 0 aliphatic rings. The topological polar surface area (TPSA) is 58.9 Å². The van der Waals surface area contributed by atoms with Crippen molar-refractivity contribution < 1.29 is 19.7 Å². The summed E-state index contributed by atoms with van der Waals surface area (Å²) in [5, 5.41) is 22.7. The molecule has 0 saturated heterocycles. The summed E-state index contributed by atoms with van der Waals surface area (Å²) in [4.78, 5) is 0.794. The van der Waals surface area contributed by atoms with Gasteiger partial charge >= 0.3 is 0 Å². The first kappa shape index (κ1) is 10.3. The second-order valence-electron chi connectivity index (χ2n) is 2.92. The van der Waals surface area contributed by atoms with E-state index in [2.05, 4.69) is 9.37 Å². The summed E-state index contributed by atoms with van der Waals surface area (Å²) >= 11 is 0.905. The van der Waals surface area contributed by atoms with Gasteiger partial charge in [0.15, 0.2) is 0 Å². The van der Waals surface area contributed by atoms with Crippen LogP contribution < -0.4 is 0 Å². The van der Waals surface area contributed by atoms with Gasteiger partial charge in [0.25, 0.3) is 0 Å². The van der Waals surface area contributed by atoms with Crippen LogP contribution in [0.4, 0.5) is 0 Å². The van der Waals surface area contributed by atoms with E-state index in [4.69, 9.17) is 5.26 Å². The van der Waals surface area contributed by atoms with Gasteiger partial charge in [-0.1, -0.05) is 17.2 Å². The number of benzene rings is 2. The highest BCUT2D eigenvalue weighted by Crippen LogP contribution is 2.26. The molecule has 0 unspecified atom stereocenters. The van der Waals surface area contributed by atoms with Crippen molar-refractivity contribution in [1.29, 1.82) is 0 Å². The Balaban J connectivity index is 2.34. The minimum absolute atomic E-state index is 0.234. The molecular formula is C10H8O4S. The van der Waals surface area contributed by atoms with Crippen molar-refractivity contribution in [3.05, 3.63) is 36.4 Å². The second-order valence-corrected chi connectivity index (χ2v) is 3.69. The Labute approximate surface area is 90.1 Å². The van der Waals surface area contributed by atoms with Crippen molar-refractivity contribution in [2.75, 3.05) is 0 Å². The second kappa shape index (κ2) is 4.50. The molecule has 0 heterocycles. The third-order valence-corrected chi connectivity index (χ3v) is 2.53. The van der Waals surface area contributed by atoms with Crippen LogP contribution in [0.15, 0.2) is 41.3 Å². The minimum Gasteiger partial charge on any atom is -0.508 e. The zero-order valence-corrected chi connectivity index (χ0v) is 8.40. The van der Waals surface area contributed by atoms with E-state index in [0.717, 1.165) is 27.7 Å². The van der Waals surface area contributed by atoms with E-state index < -0.39 is 0 Å². The molecule has 0 saturated carbocycles. The minimum atomic E-state index is 0.234. The van der Waals surface area contributed by atoms with Gasteiger partial charge in [0.05, 0.1) is 12.0 Å². The van der Waals surface area contributed by atoms with Crippen LogP contribution in [0.5, 0.6) is 5.75 Å². The number of hydrogen-bond donors (Lipinski definition) is 2. The number of phenols is 1. The van der Waals surface area contributed by atoms with Crippen LogP contribution in [-0.4, -0.2) is 10.4 Å². The Morgan fingerprint density at radius 1 is 1.00 bits per heavy atom. The fraction of sp³-hybridized carbons (Fsp3) is 0. The lowest BCUT2D eigenvalue weighted by Crippen LogP contribution is -1.79. The van der Waals surface area contributed by atoms with Gasteiger partial charge in [0.1, 0.15) is 5.75 Å². The van der Waals surface area contributed by atoms with Gasteiger partial charge < -0.3 is 5.11 Å². The third-order valence-electron chi connectivity index (χ3n) is 1.96. The lowest BCUT2D eigenvalue weighted by molar-refractivity contribution is -0.432. The number of fused-ring (bicyclic) bond motifs is 1.